The van der Waals surface area contributed by atoms with Crippen LogP contribution in [0.25, 0.3) is 0 Å². The van der Waals surface area contributed by atoms with Gasteiger partial charge in [0, 0.05) is 16.8 Å². The lowest BCUT2D eigenvalue weighted by atomic mass is 10.1. The maximum Gasteiger partial charge on any atom is 0.0455 e. The fourth-order valence-corrected chi connectivity index (χ4v) is 2.32. The Balaban J connectivity index is 2.04. The van der Waals surface area contributed by atoms with Crippen molar-refractivity contribution >= 4 is 17.3 Å². The van der Waals surface area contributed by atoms with Gasteiger partial charge >= 0.3 is 0 Å². The highest BCUT2D eigenvalue weighted by Crippen LogP contribution is 2.24. The number of hydrogen-bond donors (Lipinski definition) is 2. The smallest absolute Gasteiger partial charge is 0.0455 e. The molecule has 1 aliphatic rings. The zero-order valence-corrected chi connectivity index (χ0v) is 10.5. The lowest BCUT2D eigenvalue weighted by molar-refractivity contribution is 0.637. The van der Waals surface area contributed by atoms with Crippen LogP contribution in [0.1, 0.15) is 24.8 Å². The molecule has 3 heteroatoms. The third-order valence-electron chi connectivity index (χ3n) is 3.20. The third-order valence-corrected chi connectivity index (χ3v) is 3.61. The highest BCUT2D eigenvalue weighted by atomic mass is 35.5. The summed E-state index contributed by atoms with van der Waals surface area (Å²) >= 11 is 6.11. The number of nitrogens with one attached hydrogen (secondary N) is 2. The molecule has 1 unspecified atom stereocenters. The summed E-state index contributed by atoms with van der Waals surface area (Å²) in [6.45, 7) is 4.32. The Morgan fingerprint density at radius 1 is 1.31 bits per heavy atom. The van der Waals surface area contributed by atoms with E-state index in [-0.39, 0.29) is 0 Å². The van der Waals surface area contributed by atoms with E-state index in [2.05, 4.69) is 23.6 Å². The van der Waals surface area contributed by atoms with Gasteiger partial charge in [-0.15, -0.1) is 0 Å². The SMILES string of the molecule is Cc1c(Cl)cccc1NC1CCCNCC1. The van der Waals surface area contributed by atoms with Crippen LogP contribution in [-0.2, 0) is 0 Å². The lowest BCUT2D eigenvalue weighted by Crippen LogP contribution is -2.21. The van der Waals surface area contributed by atoms with Crippen molar-refractivity contribution in [3.8, 4) is 0 Å². The van der Waals surface area contributed by atoms with Crippen molar-refractivity contribution in [1.29, 1.82) is 0 Å². The number of anilines is 1. The van der Waals surface area contributed by atoms with Gasteiger partial charge in [0.1, 0.15) is 0 Å². The molecule has 0 saturated carbocycles. The molecule has 2 rings (SSSR count). The molecule has 0 radical (unpaired) electrons. The topological polar surface area (TPSA) is 24.1 Å². The molecule has 1 aromatic carbocycles. The minimum atomic E-state index is 0.576. The van der Waals surface area contributed by atoms with E-state index in [4.69, 9.17) is 11.6 Å². The standard InChI is InChI=1S/C13H19ClN2/c1-10-12(14)5-2-6-13(10)16-11-4-3-8-15-9-7-11/h2,5-6,11,15-16H,3-4,7-9H2,1H3. The molecule has 2 nitrogen and oxygen atoms in total. The van der Waals surface area contributed by atoms with Gasteiger partial charge in [-0.3, -0.25) is 0 Å². The molecule has 0 bridgehead atoms. The van der Waals surface area contributed by atoms with Gasteiger partial charge in [-0.1, -0.05) is 17.7 Å². The molecule has 0 aliphatic carbocycles. The second kappa shape index (κ2) is 5.55. The van der Waals surface area contributed by atoms with Gasteiger partial charge in [-0.25, -0.2) is 0 Å². The van der Waals surface area contributed by atoms with Crippen LogP contribution in [0.3, 0.4) is 0 Å². The zero-order chi connectivity index (χ0) is 11.4. The first-order valence-electron chi connectivity index (χ1n) is 6.00. The van der Waals surface area contributed by atoms with Gasteiger partial charge < -0.3 is 10.6 Å². The first-order chi connectivity index (χ1) is 7.77. The maximum absolute atomic E-state index is 6.11. The van der Waals surface area contributed by atoms with E-state index in [1.54, 1.807) is 0 Å². The van der Waals surface area contributed by atoms with Crippen LogP contribution in [0.2, 0.25) is 5.02 Å². The second-order valence-corrected chi connectivity index (χ2v) is 4.84. The van der Waals surface area contributed by atoms with Gasteiger partial charge in [-0.2, -0.15) is 0 Å². The van der Waals surface area contributed by atoms with Crippen molar-refractivity contribution in [1.82, 2.24) is 5.32 Å². The van der Waals surface area contributed by atoms with Gasteiger partial charge in [-0.05, 0) is 57.0 Å². The minimum absolute atomic E-state index is 0.576. The fourth-order valence-electron chi connectivity index (χ4n) is 2.15. The molecule has 1 saturated heterocycles. The summed E-state index contributed by atoms with van der Waals surface area (Å²) < 4.78 is 0. The van der Waals surface area contributed by atoms with E-state index in [1.807, 2.05) is 12.1 Å². The zero-order valence-electron chi connectivity index (χ0n) is 9.72. The van der Waals surface area contributed by atoms with Crippen molar-refractivity contribution < 1.29 is 0 Å². The van der Waals surface area contributed by atoms with Crippen molar-refractivity contribution in [2.75, 3.05) is 18.4 Å². The maximum atomic E-state index is 6.11. The van der Waals surface area contributed by atoms with E-state index >= 15 is 0 Å². The molecule has 1 aliphatic heterocycles. The molecule has 1 fully saturated rings. The van der Waals surface area contributed by atoms with Crippen molar-refractivity contribution in [2.45, 2.75) is 32.2 Å². The Kier molecular flexibility index (Phi) is 4.08. The molecule has 0 spiro atoms. The molecule has 16 heavy (non-hydrogen) atoms. The Hall–Kier alpha value is -0.730. The molecule has 0 aromatic heterocycles. The minimum Gasteiger partial charge on any atom is -0.382 e. The second-order valence-electron chi connectivity index (χ2n) is 4.43. The highest BCUT2D eigenvalue weighted by Gasteiger charge is 2.12. The van der Waals surface area contributed by atoms with Crippen LogP contribution >= 0.6 is 11.6 Å². The average molecular weight is 239 g/mol. The van der Waals surface area contributed by atoms with Crippen molar-refractivity contribution in [3.05, 3.63) is 28.8 Å². The van der Waals surface area contributed by atoms with E-state index < -0.39 is 0 Å². The predicted molar refractivity (Wildman–Crippen MR) is 70.3 cm³/mol. The average Bonchev–Trinajstić information content (AvgIpc) is 2.53. The van der Waals surface area contributed by atoms with Crippen LogP contribution in [0.4, 0.5) is 5.69 Å². The van der Waals surface area contributed by atoms with E-state index in [1.165, 1.54) is 24.9 Å². The normalized spacial score (nSPS) is 21.5. The summed E-state index contributed by atoms with van der Waals surface area (Å²) in [7, 11) is 0. The summed E-state index contributed by atoms with van der Waals surface area (Å²) in [5.74, 6) is 0. The summed E-state index contributed by atoms with van der Waals surface area (Å²) in [5.41, 5.74) is 2.33. The predicted octanol–water partition coefficient (Wildman–Crippen LogP) is 3.20. The Morgan fingerprint density at radius 3 is 3.06 bits per heavy atom. The third kappa shape index (κ3) is 2.89. The Bertz CT molecular complexity index is 344. The Labute approximate surface area is 102 Å². The quantitative estimate of drug-likeness (QED) is 0.827. The van der Waals surface area contributed by atoms with E-state index in [0.29, 0.717) is 6.04 Å². The first kappa shape index (κ1) is 11.7. The molecule has 0 amide bonds. The monoisotopic (exact) mass is 238 g/mol. The highest BCUT2D eigenvalue weighted by molar-refractivity contribution is 6.31. The fraction of sp³-hybridized carbons (Fsp3) is 0.538. The summed E-state index contributed by atoms with van der Waals surface area (Å²) in [6.07, 6.45) is 3.67. The van der Waals surface area contributed by atoms with Crippen LogP contribution < -0.4 is 10.6 Å². The summed E-state index contributed by atoms with van der Waals surface area (Å²) in [6, 6.07) is 6.63. The van der Waals surface area contributed by atoms with Gasteiger partial charge in [0.05, 0.1) is 0 Å². The lowest BCUT2D eigenvalue weighted by Gasteiger charge is -2.19. The first-order valence-corrected chi connectivity index (χ1v) is 6.37. The van der Waals surface area contributed by atoms with Crippen LogP contribution in [-0.4, -0.2) is 19.1 Å². The summed E-state index contributed by atoms with van der Waals surface area (Å²) in [4.78, 5) is 0. The van der Waals surface area contributed by atoms with Gasteiger partial charge in [0.25, 0.3) is 0 Å². The number of benzene rings is 1. The van der Waals surface area contributed by atoms with Crippen molar-refractivity contribution in [2.24, 2.45) is 0 Å². The molecular formula is C13H19ClN2. The summed E-state index contributed by atoms with van der Waals surface area (Å²) in [5, 5.41) is 7.87. The van der Waals surface area contributed by atoms with E-state index in [0.717, 1.165) is 23.7 Å². The number of rotatable bonds is 2. The molecule has 2 N–H and O–H groups in total. The van der Waals surface area contributed by atoms with E-state index in [9.17, 15) is 0 Å². The molecule has 88 valence electrons. The Morgan fingerprint density at radius 2 is 2.19 bits per heavy atom. The van der Waals surface area contributed by atoms with Gasteiger partial charge in [0.2, 0.25) is 0 Å². The molecule has 1 aromatic rings. The molecule has 1 atom stereocenters. The van der Waals surface area contributed by atoms with Crippen LogP contribution in [0, 0.1) is 6.92 Å². The van der Waals surface area contributed by atoms with Crippen LogP contribution in [0.15, 0.2) is 18.2 Å². The molecular weight excluding hydrogens is 220 g/mol. The van der Waals surface area contributed by atoms with Crippen molar-refractivity contribution in [3.63, 3.8) is 0 Å². The van der Waals surface area contributed by atoms with Crippen LogP contribution in [0.5, 0.6) is 0 Å². The number of halogens is 1. The number of hydrogen-bond acceptors (Lipinski definition) is 2. The largest absolute Gasteiger partial charge is 0.382 e. The molecule has 1 heterocycles. The van der Waals surface area contributed by atoms with Gasteiger partial charge in [0.15, 0.2) is 0 Å².